The first-order chi connectivity index (χ1) is 31.6. The minimum atomic E-state index is -4.57. The van der Waals surface area contributed by atoms with E-state index < -0.39 is 31.4 Å². The number of pyridine rings is 1. The second-order valence-corrected chi connectivity index (χ2v) is 19.3. The van der Waals surface area contributed by atoms with Crippen LogP contribution in [0.4, 0.5) is 22.7 Å². The first-order valence-corrected chi connectivity index (χ1v) is 23.9. The molecule has 65 heavy (non-hydrogen) atoms. The molecule has 3 N–H and O–H groups in total. The van der Waals surface area contributed by atoms with Crippen LogP contribution in [-0.4, -0.2) is 92.6 Å². The van der Waals surface area contributed by atoms with Gasteiger partial charge in [-0.25, -0.2) is 18.1 Å². The van der Waals surface area contributed by atoms with Gasteiger partial charge >= 0.3 is 0 Å². The van der Waals surface area contributed by atoms with Crippen molar-refractivity contribution in [2.24, 2.45) is 5.92 Å². The normalized spacial score (nSPS) is 20.3. The number of rotatable bonds is 13. The molecule has 2 bridgehead atoms. The maximum Gasteiger partial charge on any atom is 0.293 e. The van der Waals surface area contributed by atoms with Crippen LogP contribution in [-0.2, 0) is 14.8 Å². The molecule has 3 atom stereocenters. The third kappa shape index (κ3) is 8.73. The SMILES string of the molecule is CN1C2CCC1CN(c1ccccc1[C@H]1CCCN1c1ccc(-c3ccc(C(=O)NS(=O)(=O)c4ccc(NCC5CCOCC5)c([N+](=O)[O-])c4)c(Oc4cnc5[nH]ccc5c4)c3)cc1)C2. The highest BCUT2D eigenvalue weighted by Gasteiger charge is 2.39. The number of fused-ring (bicyclic) bond motifs is 3. The van der Waals surface area contributed by atoms with E-state index in [0.717, 1.165) is 73.6 Å². The molecule has 16 heteroatoms. The summed E-state index contributed by atoms with van der Waals surface area (Å²) in [4.78, 5) is 40.2. The number of H-pyrrole nitrogens is 1. The monoisotopic (exact) mass is 896 g/mol. The molecule has 0 spiro atoms. The van der Waals surface area contributed by atoms with Crippen molar-refractivity contribution in [2.75, 3.05) is 61.6 Å². The number of nitrogens with one attached hydrogen (secondary N) is 3. The molecule has 1 amide bonds. The molecule has 10 rings (SSSR count). The minimum Gasteiger partial charge on any atom is -0.455 e. The van der Waals surface area contributed by atoms with Crippen molar-refractivity contribution in [3.05, 3.63) is 131 Å². The van der Waals surface area contributed by atoms with Gasteiger partial charge < -0.3 is 29.6 Å². The molecule has 4 saturated heterocycles. The van der Waals surface area contributed by atoms with Gasteiger partial charge in [-0.05, 0) is 123 Å². The van der Waals surface area contributed by atoms with E-state index in [1.807, 2.05) is 6.07 Å². The number of nitro benzene ring substituents is 1. The van der Waals surface area contributed by atoms with E-state index in [-0.39, 0.29) is 29.0 Å². The van der Waals surface area contributed by atoms with Crippen LogP contribution in [0, 0.1) is 16.0 Å². The molecular weight excluding hydrogens is 845 g/mol. The average Bonchev–Trinajstić information content (AvgIpc) is 4.05. The fourth-order valence-electron chi connectivity index (χ4n) is 10.1. The maximum absolute atomic E-state index is 14.0. The Hall–Kier alpha value is -6.49. The standard InChI is InChI=1S/C49H52N8O7S/c1-54-37-13-14-38(54)31-55(30-37)44-6-3-2-5-41(44)45-7-4-22-56(45)36-11-8-33(9-12-36)34-10-16-42(47(26-34)64-39-25-35-18-21-50-48(35)52-29-39)49(58)53-65(61,62)40-15-17-43(46(27-40)57(59)60)51-28-32-19-23-63-24-20-32/h2-3,5-6,8-12,15-18,21,25-27,29,32,37-38,45,51H,4,7,13-14,19-20,22-24,28,30-31H2,1H3,(H,50,52)(H,53,58)/t37?,38?,45-/m1/s1. The molecule has 4 aliphatic rings. The number of aromatic nitrogens is 2. The van der Waals surface area contributed by atoms with Crippen LogP contribution in [0.3, 0.4) is 0 Å². The fourth-order valence-corrected chi connectivity index (χ4v) is 11.1. The number of amides is 1. The predicted octanol–water partition coefficient (Wildman–Crippen LogP) is 8.51. The van der Waals surface area contributed by atoms with Crippen LogP contribution in [0.5, 0.6) is 11.5 Å². The number of para-hydroxylation sites is 1. The summed E-state index contributed by atoms with van der Waals surface area (Å²) in [5.41, 5.74) is 5.83. The summed E-state index contributed by atoms with van der Waals surface area (Å²) in [6, 6.07) is 30.9. The average molecular weight is 897 g/mol. The van der Waals surface area contributed by atoms with Crippen LogP contribution in [0.25, 0.3) is 22.2 Å². The molecule has 4 aliphatic heterocycles. The van der Waals surface area contributed by atoms with Crippen LogP contribution in [0.2, 0.25) is 0 Å². The Morgan fingerprint density at radius 3 is 2.48 bits per heavy atom. The second-order valence-electron chi connectivity index (χ2n) is 17.6. The third-order valence-electron chi connectivity index (χ3n) is 13.7. The molecule has 4 fully saturated rings. The number of sulfonamides is 1. The zero-order valence-electron chi connectivity index (χ0n) is 36.2. The number of benzene rings is 4. The number of nitrogens with zero attached hydrogens (tertiary/aromatic N) is 5. The maximum atomic E-state index is 14.0. The highest BCUT2D eigenvalue weighted by molar-refractivity contribution is 7.90. The van der Waals surface area contributed by atoms with Crippen molar-refractivity contribution in [2.45, 2.75) is 61.5 Å². The summed E-state index contributed by atoms with van der Waals surface area (Å²) in [6.07, 6.45) is 9.60. The van der Waals surface area contributed by atoms with E-state index in [1.54, 1.807) is 24.4 Å². The van der Waals surface area contributed by atoms with Crippen molar-refractivity contribution < 1.29 is 27.6 Å². The highest BCUT2D eigenvalue weighted by atomic mass is 32.2. The molecule has 0 saturated carbocycles. The first kappa shape index (κ1) is 42.5. The Labute approximate surface area is 377 Å². The Morgan fingerprint density at radius 1 is 0.923 bits per heavy atom. The summed E-state index contributed by atoms with van der Waals surface area (Å²) < 4.78 is 41.3. The summed E-state index contributed by atoms with van der Waals surface area (Å²) in [7, 11) is -2.30. The Balaban J connectivity index is 0.904. The van der Waals surface area contributed by atoms with Crippen molar-refractivity contribution in [1.29, 1.82) is 0 Å². The van der Waals surface area contributed by atoms with Crippen LogP contribution < -0.4 is 24.6 Å². The molecule has 336 valence electrons. The zero-order valence-corrected chi connectivity index (χ0v) is 37.0. The van der Waals surface area contributed by atoms with E-state index in [9.17, 15) is 23.3 Å². The number of nitro groups is 1. The smallest absolute Gasteiger partial charge is 0.293 e. The zero-order chi connectivity index (χ0) is 44.7. The number of hydrogen-bond acceptors (Lipinski definition) is 12. The predicted molar refractivity (Wildman–Crippen MR) is 250 cm³/mol. The first-order valence-electron chi connectivity index (χ1n) is 22.4. The number of anilines is 3. The van der Waals surface area contributed by atoms with E-state index in [1.165, 1.54) is 48.5 Å². The van der Waals surface area contributed by atoms with Gasteiger partial charge in [-0.15, -0.1) is 0 Å². The van der Waals surface area contributed by atoms with Crippen molar-refractivity contribution >= 4 is 49.7 Å². The van der Waals surface area contributed by atoms with Crippen molar-refractivity contribution in [1.82, 2.24) is 19.6 Å². The van der Waals surface area contributed by atoms with Gasteiger partial charge in [-0.2, -0.15) is 0 Å². The summed E-state index contributed by atoms with van der Waals surface area (Å²) in [5, 5.41) is 16.0. The quantitative estimate of drug-likeness (QED) is 0.0746. The summed E-state index contributed by atoms with van der Waals surface area (Å²) >= 11 is 0. The van der Waals surface area contributed by atoms with E-state index >= 15 is 0 Å². The van der Waals surface area contributed by atoms with Crippen LogP contribution >= 0.6 is 0 Å². The Bertz CT molecular complexity index is 2830. The lowest BCUT2D eigenvalue weighted by Gasteiger charge is -2.42. The second kappa shape index (κ2) is 17.8. The molecule has 15 nitrogen and oxygen atoms in total. The van der Waals surface area contributed by atoms with E-state index in [0.29, 0.717) is 43.2 Å². The molecule has 2 aromatic heterocycles. The van der Waals surface area contributed by atoms with Crippen molar-refractivity contribution in [3.8, 4) is 22.6 Å². The van der Waals surface area contributed by atoms with Gasteiger partial charge in [-0.1, -0.05) is 36.4 Å². The number of ether oxygens (including phenoxy) is 2. The Kier molecular flexibility index (Phi) is 11.6. The molecular formula is C49H52N8O7S. The highest BCUT2D eigenvalue weighted by Crippen LogP contribution is 2.43. The fraction of sp³-hybridized carbons (Fsp3) is 0.347. The lowest BCUT2D eigenvalue weighted by atomic mass is 9.99. The van der Waals surface area contributed by atoms with Gasteiger partial charge in [0.1, 0.15) is 22.8 Å². The number of piperazine rings is 1. The van der Waals surface area contributed by atoms with Crippen molar-refractivity contribution in [3.63, 3.8) is 0 Å². The largest absolute Gasteiger partial charge is 0.455 e. The lowest BCUT2D eigenvalue weighted by Crippen LogP contribution is -2.52. The molecule has 6 aromatic rings. The summed E-state index contributed by atoms with van der Waals surface area (Å²) in [5.74, 6) is -0.257. The van der Waals surface area contributed by atoms with Gasteiger partial charge in [0.05, 0.1) is 27.6 Å². The molecule has 0 radical (unpaired) electrons. The van der Waals surface area contributed by atoms with Gasteiger partial charge in [0.2, 0.25) is 0 Å². The molecule has 2 unspecified atom stereocenters. The Morgan fingerprint density at radius 2 is 1.69 bits per heavy atom. The third-order valence-corrected chi connectivity index (χ3v) is 15.1. The number of aromatic amines is 1. The van der Waals surface area contributed by atoms with Crippen LogP contribution in [0.1, 0.15) is 60.5 Å². The molecule has 0 aliphatic carbocycles. The summed E-state index contributed by atoms with van der Waals surface area (Å²) in [6.45, 7) is 4.79. The van der Waals surface area contributed by atoms with E-state index in [4.69, 9.17) is 9.47 Å². The molecule has 4 aromatic carbocycles. The van der Waals surface area contributed by atoms with Crippen LogP contribution in [0.15, 0.2) is 114 Å². The number of likely N-dealkylation sites (N-methyl/N-ethyl adjacent to an activating group) is 1. The van der Waals surface area contributed by atoms with Gasteiger partial charge in [0.25, 0.3) is 21.6 Å². The number of carbonyl (C=O) groups is 1. The van der Waals surface area contributed by atoms with Gasteiger partial charge in [0, 0.05) is 80.5 Å². The topological polar surface area (TPSA) is 175 Å². The lowest BCUT2D eigenvalue weighted by molar-refractivity contribution is -0.384. The van der Waals surface area contributed by atoms with Gasteiger partial charge in [-0.3, -0.25) is 19.8 Å². The van der Waals surface area contributed by atoms with E-state index in [2.05, 4.69) is 90.3 Å². The molecule has 6 heterocycles. The number of carbonyl (C=O) groups excluding carboxylic acids is 1. The van der Waals surface area contributed by atoms with Gasteiger partial charge in [0.15, 0.2) is 0 Å². The number of hydrogen-bond donors (Lipinski definition) is 3. The minimum absolute atomic E-state index is 0.0562.